The van der Waals surface area contributed by atoms with Crippen molar-refractivity contribution < 1.29 is 9.47 Å². The summed E-state index contributed by atoms with van der Waals surface area (Å²) in [6.07, 6.45) is 1.04. The van der Waals surface area contributed by atoms with Gasteiger partial charge in [0, 0.05) is 6.54 Å². The maximum Gasteiger partial charge on any atom is 0.142 e. The van der Waals surface area contributed by atoms with Gasteiger partial charge in [-0.05, 0) is 18.1 Å². The van der Waals surface area contributed by atoms with E-state index in [1.165, 1.54) is 0 Å². The predicted molar refractivity (Wildman–Crippen MR) is 56.1 cm³/mol. The molecule has 0 bridgehead atoms. The summed E-state index contributed by atoms with van der Waals surface area (Å²) in [6, 6.07) is 5.76. The molecule has 0 radical (unpaired) electrons. The van der Waals surface area contributed by atoms with E-state index >= 15 is 0 Å². The van der Waals surface area contributed by atoms with E-state index in [1.807, 2.05) is 18.2 Å². The molecule has 0 amide bonds. The minimum atomic E-state index is 0.224. The average Bonchev–Trinajstić information content (AvgIpc) is 3.00. The number of epoxide rings is 1. The van der Waals surface area contributed by atoms with Crippen LogP contribution in [0.15, 0.2) is 18.2 Å². The molecule has 2 aliphatic heterocycles. The Hall–Kier alpha value is -1.26. The molecule has 4 nitrogen and oxygen atoms in total. The molecule has 1 fully saturated rings. The van der Waals surface area contributed by atoms with Gasteiger partial charge in [-0.2, -0.15) is 0 Å². The lowest BCUT2D eigenvalue weighted by Gasteiger charge is -2.26. The Kier molecular flexibility index (Phi) is 2.04. The van der Waals surface area contributed by atoms with Gasteiger partial charge in [0.1, 0.15) is 18.5 Å². The highest BCUT2D eigenvalue weighted by Gasteiger charge is 2.24. The number of fused-ring (bicyclic) bond motifs is 1. The van der Waals surface area contributed by atoms with Crippen molar-refractivity contribution in [3.05, 3.63) is 29.0 Å². The van der Waals surface area contributed by atoms with Crippen LogP contribution in [0.25, 0.3) is 0 Å². The molecule has 1 aromatic rings. The maximum atomic E-state index is 11.6. The SMILES string of the molecule is [O-]N1CCc2cccc(OCC3CO3)c21. The van der Waals surface area contributed by atoms with E-state index in [2.05, 4.69) is 0 Å². The van der Waals surface area contributed by atoms with E-state index in [0.717, 1.165) is 23.7 Å². The molecular formula is C11H12NO3-. The highest BCUT2D eigenvalue weighted by molar-refractivity contribution is 5.67. The third-order valence-electron chi connectivity index (χ3n) is 2.74. The first-order valence-corrected chi connectivity index (χ1v) is 5.15. The molecule has 15 heavy (non-hydrogen) atoms. The van der Waals surface area contributed by atoms with Crippen LogP contribution in [0.2, 0.25) is 0 Å². The summed E-state index contributed by atoms with van der Waals surface area (Å²) in [5.74, 6) is 0.690. The molecule has 0 aromatic heterocycles. The zero-order valence-corrected chi connectivity index (χ0v) is 8.31. The second kappa shape index (κ2) is 3.40. The van der Waals surface area contributed by atoms with Crippen LogP contribution in [-0.2, 0) is 11.2 Å². The molecule has 4 heteroatoms. The highest BCUT2D eigenvalue weighted by atomic mass is 16.6. The second-order valence-electron chi connectivity index (χ2n) is 3.88. The Morgan fingerprint density at radius 2 is 2.40 bits per heavy atom. The molecule has 2 heterocycles. The minimum Gasteiger partial charge on any atom is -0.758 e. The molecule has 80 valence electrons. The molecule has 0 saturated carbocycles. The minimum absolute atomic E-state index is 0.224. The van der Waals surface area contributed by atoms with E-state index in [-0.39, 0.29) is 6.10 Å². The summed E-state index contributed by atoms with van der Waals surface area (Å²) in [5, 5.41) is 12.6. The van der Waals surface area contributed by atoms with Crippen molar-refractivity contribution in [2.45, 2.75) is 12.5 Å². The number of anilines is 1. The monoisotopic (exact) mass is 206 g/mol. The van der Waals surface area contributed by atoms with Crippen molar-refractivity contribution in [2.75, 3.05) is 24.8 Å². The number of ether oxygens (including phenoxy) is 2. The van der Waals surface area contributed by atoms with E-state index in [4.69, 9.17) is 9.47 Å². The van der Waals surface area contributed by atoms with Crippen LogP contribution in [0.3, 0.4) is 0 Å². The summed E-state index contributed by atoms with van der Waals surface area (Å²) in [7, 11) is 0. The molecule has 0 N–H and O–H groups in total. The Balaban J connectivity index is 1.83. The van der Waals surface area contributed by atoms with Gasteiger partial charge in [-0.1, -0.05) is 12.1 Å². The van der Waals surface area contributed by atoms with Gasteiger partial charge in [0.25, 0.3) is 0 Å². The average molecular weight is 206 g/mol. The van der Waals surface area contributed by atoms with Gasteiger partial charge in [-0.3, -0.25) is 0 Å². The van der Waals surface area contributed by atoms with Gasteiger partial charge in [-0.25, -0.2) is 0 Å². The number of hydrogen-bond acceptors (Lipinski definition) is 4. The maximum absolute atomic E-state index is 11.6. The van der Waals surface area contributed by atoms with Crippen LogP contribution in [0.1, 0.15) is 5.56 Å². The van der Waals surface area contributed by atoms with E-state index < -0.39 is 0 Å². The fourth-order valence-corrected chi connectivity index (χ4v) is 1.85. The van der Waals surface area contributed by atoms with Crippen LogP contribution >= 0.6 is 0 Å². The predicted octanol–water partition coefficient (Wildman–Crippen LogP) is 1.32. The summed E-state index contributed by atoms with van der Waals surface area (Å²) in [6.45, 7) is 1.86. The smallest absolute Gasteiger partial charge is 0.142 e. The van der Waals surface area contributed by atoms with Crippen LogP contribution in [-0.4, -0.2) is 25.9 Å². The van der Waals surface area contributed by atoms with E-state index in [0.29, 0.717) is 24.6 Å². The molecule has 0 spiro atoms. The van der Waals surface area contributed by atoms with Gasteiger partial charge in [0.15, 0.2) is 0 Å². The molecule has 3 rings (SSSR count). The highest BCUT2D eigenvalue weighted by Crippen LogP contribution is 2.36. The summed E-state index contributed by atoms with van der Waals surface area (Å²) in [5.41, 5.74) is 1.79. The lowest BCUT2D eigenvalue weighted by molar-refractivity contribution is 0.263. The fourth-order valence-electron chi connectivity index (χ4n) is 1.85. The van der Waals surface area contributed by atoms with E-state index in [1.54, 1.807) is 0 Å². The lowest BCUT2D eigenvalue weighted by Crippen LogP contribution is -2.12. The van der Waals surface area contributed by atoms with Gasteiger partial charge < -0.3 is 19.7 Å². The first kappa shape index (κ1) is 9.00. The van der Waals surface area contributed by atoms with Crippen LogP contribution < -0.4 is 9.80 Å². The number of rotatable bonds is 3. The third kappa shape index (κ3) is 1.66. The largest absolute Gasteiger partial charge is 0.758 e. The molecule has 1 aromatic carbocycles. The zero-order valence-electron chi connectivity index (χ0n) is 8.31. The standard InChI is InChI=1S/C11H12NO3/c13-12-5-4-8-2-1-3-10(11(8)12)15-7-9-6-14-9/h1-3,9H,4-7H2/q-1. The topological polar surface area (TPSA) is 48.1 Å². The van der Waals surface area contributed by atoms with E-state index in [9.17, 15) is 5.21 Å². The summed E-state index contributed by atoms with van der Waals surface area (Å²) in [4.78, 5) is 0. The van der Waals surface area contributed by atoms with Crippen molar-refractivity contribution in [1.29, 1.82) is 0 Å². The Bertz CT molecular complexity index is 376. The first-order valence-electron chi connectivity index (χ1n) is 5.15. The van der Waals surface area contributed by atoms with Crippen molar-refractivity contribution in [2.24, 2.45) is 0 Å². The van der Waals surface area contributed by atoms with Gasteiger partial charge in [-0.15, -0.1) is 0 Å². The van der Waals surface area contributed by atoms with Crippen LogP contribution in [0.5, 0.6) is 5.75 Å². The van der Waals surface area contributed by atoms with Crippen molar-refractivity contribution in [1.82, 2.24) is 0 Å². The fraction of sp³-hybridized carbons (Fsp3) is 0.455. The molecule has 1 atom stereocenters. The number of hydrogen-bond donors (Lipinski definition) is 0. The quantitative estimate of drug-likeness (QED) is 0.700. The van der Waals surface area contributed by atoms with Gasteiger partial charge >= 0.3 is 0 Å². The van der Waals surface area contributed by atoms with Crippen molar-refractivity contribution >= 4 is 5.69 Å². The molecule has 1 unspecified atom stereocenters. The number of para-hydroxylation sites is 1. The van der Waals surface area contributed by atoms with Crippen molar-refractivity contribution in [3.63, 3.8) is 0 Å². The van der Waals surface area contributed by atoms with Crippen LogP contribution in [0.4, 0.5) is 5.69 Å². The first-order chi connectivity index (χ1) is 7.34. The third-order valence-corrected chi connectivity index (χ3v) is 2.74. The summed E-state index contributed by atoms with van der Waals surface area (Å²) >= 11 is 0. The normalized spacial score (nSPS) is 22.7. The second-order valence-corrected chi connectivity index (χ2v) is 3.88. The zero-order chi connectivity index (χ0) is 10.3. The van der Waals surface area contributed by atoms with Crippen molar-refractivity contribution in [3.8, 4) is 5.75 Å². The molecule has 1 saturated heterocycles. The number of hydroxylamine groups is 1. The Labute approximate surface area is 88.0 Å². The Morgan fingerprint density at radius 1 is 1.53 bits per heavy atom. The van der Waals surface area contributed by atoms with Gasteiger partial charge in [0.05, 0.1) is 12.3 Å². The summed E-state index contributed by atoms with van der Waals surface area (Å²) < 4.78 is 10.6. The van der Waals surface area contributed by atoms with Crippen LogP contribution in [0, 0.1) is 5.21 Å². The molecular weight excluding hydrogens is 194 g/mol. The van der Waals surface area contributed by atoms with Gasteiger partial charge in [0.2, 0.25) is 0 Å². The molecule has 0 aliphatic carbocycles. The Morgan fingerprint density at radius 3 is 3.20 bits per heavy atom. The number of benzene rings is 1. The lowest BCUT2D eigenvalue weighted by atomic mass is 10.1. The molecule has 2 aliphatic rings. The number of nitrogens with zero attached hydrogens (tertiary/aromatic N) is 1.